The number of hydrogen-bond donors (Lipinski definition) is 2. The second-order valence-corrected chi connectivity index (χ2v) is 5.75. The lowest BCUT2D eigenvalue weighted by Crippen LogP contribution is -2.46. The average Bonchev–Trinajstić information content (AvgIpc) is 2.93. The molecular weight excluding hydrogens is 276 g/mol. The summed E-state index contributed by atoms with van der Waals surface area (Å²) in [6.45, 7) is 7.63. The SMILES string of the molecule is CCN1CCN(c2ccnc3[nH]c4cnc(N)cc4c23)CC1. The molecule has 114 valence electrons. The number of nitrogens with two attached hydrogens (primary N) is 1. The van der Waals surface area contributed by atoms with E-state index < -0.39 is 0 Å². The van der Waals surface area contributed by atoms with Gasteiger partial charge in [0.2, 0.25) is 0 Å². The summed E-state index contributed by atoms with van der Waals surface area (Å²) in [5, 5.41) is 2.25. The molecule has 3 aromatic heterocycles. The van der Waals surface area contributed by atoms with Gasteiger partial charge in [-0.15, -0.1) is 0 Å². The average molecular weight is 296 g/mol. The number of nitrogens with one attached hydrogen (secondary N) is 1. The Morgan fingerprint density at radius 1 is 1.23 bits per heavy atom. The zero-order valence-electron chi connectivity index (χ0n) is 12.7. The number of rotatable bonds is 2. The summed E-state index contributed by atoms with van der Waals surface area (Å²) in [5.41, 5.74) is 8.99. The number of pyridine rings is 2. The van der Waals surface area contributed by atoms with E-state index in [1.54, 1.807) is 6.20 Å². The van der Waals surface area contributed by atoms with Gasteiger partial charge in [-0.1, -0.05) is 6.92 Å². The van der Waals surface area contributed by atoms with Crippen molar-refractivity contribution < 1.29 is 0 Å². The van der Waals surface area contributed by atoms with E-state index in [1.165, 1.54) is 5.69 Å². The zero-order chi connectivity index (χ0) is 15.1. The molecular formula is C16H20N6. The first kappa shape index (κ1) is 13.3. The van der Waals surface area contributed by atoms with Crippen LogP contribution in [0.25, 0.3) is 21.9 Å². The fourth-order valence-electron chi connectivity index (χ4n) is 3.29. The molecule has 6 heteroatoms. The van der Waals surface area contributed by atoms with Crippen LogP contribution in [-0.2, 0) is 0 Å². The Bertz CT molecular complexity index is 816. The number of piperazine rings is 1. The highest BCUT2D eigenvalue weighted by molar-refractivity contribution is 6.12. The summed E-state index contributed by atoms with van der Waals surface area (Å²) in [7, 11) is 0. The van der Waals surface area contributed by atoms with E-state index in [2.05, 4.69) is 37.7 Å². The Hall–Kier alpha value is -2.34. The highest BCUT2D eigenvalue weighted by atomic mass is 15.3. The van der Waals surface area contributed by atoms with Gasteiger partial charge in [-0.25, -0.2) is 9.97 Å². The van der Waals surface area contributed by atoms with Gasteiger partial charge in [0.1, 0.15) is 11.5 Å². The molecule has 0 spiro atoms. The minimum Gasteiger partial charge on any atom is -0.384 e. The third-order valence-corrected chi connectivity index (χ3v) is 4.54. The van der Waals surface area contributed by atoms with Crippen molar-refractivity contribution in [3.05, 3.63) is 24.5 Å². The van der Waals surface area contributed by atoms with E-state index >= 15 is 0 Å². The standard InChI is InChI=1S/C16H20N6/c1-2-21-5-7-22(8-6-21)13-3-4-18-16-15(13)11-9-14(17)19-10-12(11)20-16/h3-4,9-10H,2,5-8H2,1H3,(H2,17,19)(H,18,20). The highest BCUT2D eigenvalue weighted by Gasteiger charge is 2.19. The fourth-order valence-corrected chi connectivity index (χ4v) is 3.29. The fraction of sp³-hybridized carbons (Fsp3) is 0.375. The van der Waals surface area contributed by atoms with Crippen molar-refractivity contribution in [3.8, 4) is 0 Å². The third-order valence-electron chi connectivity index (χ3n) is 4.54. The van der Waals surface area contributed by atoms with Crippen LogP contribution >= 0.6 is 0 Å². The van der Waals surface area contributed by atoms with Gasteiger partial charge < -0.3 is 20.5 Å². The molecule has 1 aliphatic heterocycles. The Morgan fingerprint density at radius 3 is 2.82 bits per heavy atom. The van der Waals surface area contributed by atoms with Gasteiger partial charge >= 0.3 is 0 Å². The second-order valence-electron chi connectivity index (χ2n) is 5.75. The Balaban J connectivity index is 1.84. The summed E-state index contributed by atoms with van der Waals surface area (Å²) in [5.74, 6) is 0.541. The number of aromatic nitrogens is 3. The molecule has 0 atom stereocenters. The number of fused-ring (bicyclic) bond motifs is 3. The first-order valence-corrected chi connectivity index (χ1v) is 7.75. The van der Waals surface area contributed by atoms with Crippen molar-refractivity contribution in [1.29, 1.82) is 0 Å². The number of nitrogens with zero attached hydrogens (tertiary/aromatic N) is 4. The van der Waals surface area contributed by atoms with E-state index in [0.717, 1.165) is 54.7 Å². The van der Waals surface area contributed by atoms with Crippen LogP contribution in [0.15, 0.2) is 24.5 Å². The van der Waals surface area contributed by atoms with Crippen LogP contribution in [0.5, 0.6) is 0 Å². The van der Waals surface area contributed by atoms with Crippen LogP contribution in [0.2, 0.25) is 0 Å². The lowest BCUT2D eigenvalue weighted by Gasteiger charge is -2.35. The van der Waals surface area contributed by atoms with Crippen molar-refractivity contribution in [2.24, 2.45) is 0 Å². The van der Waals surface area contributed by atoms with Crippen molar-refractivity contribution in [2.75, 3.05) is 43.4 Å². The molecule has 1 fully saturated rings. The number of likely N-dealkylation sites (N-methyl/N-ethyl adjacent to an activating group) is 1. The van der Waals surface area contributed by atoms with E-state index in [-0.39, 0.29) is 0 Å². The molecule has 0 unspecified atom stereocenters. The number of anilines is 2. The van der Waals surface area contributed by atoms with Gasteiger partial charge in [-0.3, -0.25) is 0 Å². The molecule has 0 aliphatic carbocycles. The van der Waals surface area contributed by atoms with Crippen LogP contribution < -0.4 is 10.6 Å². The molecule has 22 heavy (non-hydrogen) atoms. The third kappa shape index (κ3) is 2.07. The van der Waals surface area contributed by atoms with Crippen LogP contribution in [0.4, 0.5) is 11.5 Å². The predicted molar refractivity (Wildman–Crippen MR) is 90.1 cm³/mol. The largest absolute Gasteiger partial charge is 0.384 e. The van der Waals surface area contributed by atoms with Crippen LogP contribution in [-0.4, -0.2) is 52.6 Å². The predicted octanol–water partition coefficient (Wildman–Crippen LogP) is 1.84. The summed E-state index contributed by atoms with van der Waals surface area (Å²) in [4.78, 5) is 16.9. The summed E-state index contributed by atoms with van der Waals surface area (Å²) in [6.07, 6.45) is 3.65. The van der Waals surface area contributed by atoms with E-state index in [1.807, 2.05) is 12.3 Å². The van der Waals surface area contributed by atoms with Crippen LogP contribution in [0, 0.1) is 0 Å². The quantitative estimate of drug-likeness (QED) is 0.755. The maximum absolute atomic E-state index is 5.87. The molecule has 0 amide bonds. The molecule has 6 nitrogen and oxygen atoms in total. The molecule has 0 aromatic carbocycles. The molecule has 3 N–H and O–H groups in total. The van der Waals surface area contributed by atoms with E-state index in [9.17, 15) is 0 Å². The molecule has 0 radical (unpaired) electrons. The van der Waals surface area contributed by atoms with Crippen molar-refractivity contribution in [1.82, 2.24) is 19.9 Å². The molecule has 0 saturated carbocycles. The Kier molecular flexibility index (Phi) is 3.11. The topological polar surface area (TPSA) is 74.1 Å². The molecule has 3 aromatic rings. The normalized spacial score (nSPS) is 16.7. The lowest BCUT2D eigenvalue weighted by atomic mass is 10.1. The zero-order valence-corrected chi connectivity index (χ0v) is 12.7. The van der Waals surface area contributed by atoms with Crippen LogP contribution in [0.1, 0.15) is 6.92 Å². The molecule has 4 heterocycles. The van der Waals surface area contributed by atoms with E-state index in [0.29, 0.717) is 5.82 Å². The number of nitrogen functional groups attached to an aromatic ring is 1. The van der Waals surface area contributed by atoms with Crippen molar-refractivity contribution >= 4 is 33.4 Å². The van der Waals surface area contributed by atoms with Gasteiger partial charge in [0, 0.05) is 37.8 Å². The second kappa shape index (κ2) is 5.14. The van der Waals surface area contributed by atoms with Crippen molar-refractivity contribution in [3.63, 3.8) is 0 Å². The molecule has 1 aliphatic rings. The first-order chi connectivity index (χ1) is 10.8. The van der Waals surface area contributed by atoms with Gasteiger partial charge in [0.15, 0.2) is 0 Å². The van der Waals surface area contributed by atoms with Crippen LogP contribution in [0.3, 0.4) is 0 Å². The summed E-state index contributed by atoms with van der Waals surface area (Å²) >= 11 is 0. The van der Waals surface area contributed by atoms with Gasteiger partial charge in [-0.2, -0.15) is 0 Å². The van der Waals surface area contributed by atoms with Gasteiger partial charge in [-0.05, 0) is 18.7 Å². The molecule has 1 saturated heterocycles. The maximum Gasteiger partial charge on any atom is 0.140 e. The Morgan fingerprint density at radius 2 is 2.05 bits per heavy atom. The molecule has 4 rings (SSSR count). The number of H-pyrrole nitrogens is 1. The van der Waals surface area contributed by atoms with Gasteiger partial charge in [0.05, 0.1) is 22.8 Å². The maximum atomic E-state index is 5.87. The minimum atomic E-state index is 0.541. The first-order valence-electron chi connectivity index (χ1n) is 7.75. The van der Waals surface area contributed by atoms with Gasteiger partial charge in [0.25, 0.3) is 0 Å². The highest BCUT2D eigenvalue weighted by Crippen LogP contribution is 2.33. The van der Waals surface area contributed by atoms with E-state index in [4.69, 9.17) is 5.73 Å². The summed E-state index contributed by atoms with van der Waals surface area (Å²) < 4.78 is 0. The van der Waals surface area contributed by atoms with Crippen molar-refractivity contribution in [2.45, 2.75) is 6.92 Å². The number of hydrogen-bond acceptors (Lipinski definition) is 5. The summed E-state index contributed by atoms with van der Waals surface area (Å²) in [6, 6.07) is 4.04. The molecule has 0 bridgehead atoms. The monoisotopic (exact) mass is 296 g/mol. The Labute approximate surface area is 128 Å². The number of aromatic amines is 1. The minimum absolute atomic E-state index is 0.541. The lowest BCUT2D eigenvalue weighted by molar-refractivity contribution is 0.271. The smallest absolute Gasteiger partial charge is 0.140 e.